The van der Waals surface area contributed by atoms with Gasteiger partial charge < -0.3 is 5.73 Å². The molecule has 0 spiro atoms. The minimum absolute atomic E-state index is 0.0901. The van der Waals surface area contributed by atoms with Gasteiger partial charge >= 0.3 is 0 Å². The van der Waals surface area contributed by atoms with Crippen molar-refractivity contribution in [3.05, 3.63) is 48.0 Å². The zero-order valence-electron chi connectivity index (χ0n) is 8.49. The molecule has 2 N–H and O–H groups in total. The minimum atomic E-state index is -0.939. The van der Waals surface area contributed by atoms with Crippen LogP contribution in [0.4, 0.5) is 4.39 Å². The third-order valence-electron chi connectivity index (χ3n) is 2.53. The van der Waals surface area contributed by atoms with Crippen molar-refractivity contribution in [1.29, 1.82) is 0 Å². The molecule has 0 aromatic heterocycles. The molecule has 2 aromatic rings. The number of halogens is 1. The summed E-state index contributed by atoms with van der Waals surface area (Å²) in [6, 6.07) is 14.1. The monoisotopic (exact) mass is 203 g/mol. The van der Waals surface area contributed by atoms with Crippen molar-refractivity contribution >= 4 is 10.8 Å². The second-order valence-electron chi connectivity index (χ2n) is 3.72. The van der Waals surface area contributed by atoms with Crippen molar-refractivity contribution in [2.75, 3.05) is 6.54 Å². The van der Waals surface area contributed by atoms with Gasteiger partial charge in [-0.05, 0) is 16.3 Å². The Morgan fingerprint density at radius 2 is 1.80 bits per heavy atom. The lowest BCUT2D eigenvalue weighted by molar-refractivity contribution is 0.340. The van der Waals surface area contributed by atoms with Crippen molar-refractivity contribution in [1.82, 2.24) is 0 Å². The first-order valence-corrected chi connectivity index (χ1v) is 5.11. The predicted molar refractivity (Wildman–Crippen MR) is 61.6 cm³/mol. The number of hydrogen-bond donors (Lipinski definition) is 1. The maximum Gasteiger partial charge on any atom is 0.116 e. The molecule has 0 saturated carbocycles. The van der Waals surface area contributed by atoms with E-state index >= 15 is 0 Å². The predicted octanol–water partition coefficient (Wildman–Crippen LogP) is 2.68. The van der Waals surface area contributed by atoms with Crippen molar-refractivity contribution in [2.45, 2.75) is 12.6 Å². The molecule has 0 saturated heterocycles. The number of rotatable bonds is 3. The van der Waals surface area contributed by atoms with E-state index in [1.165, 1.54) is 5.39 Å². The molecule has 0 fully saturated rings. The average Bonchev–Trinajstić information content (AvgIpc) is 2.29. The normalized spacial score (nSPS) is 12.9. The van der Waals surface area contributed by atoms with Crippen LogP contribution in [0.5, 0.6) is 0 Å². The zero-order valence-corrected chi connectivity index (χ0v) is 8.49. The third-order valence-corrected chi connectivity index (χ3v) is 2.53. The van der Waals surface area contributed by atoms with E-state index in [0.29, 0.717) is 6.42 Å². The highest BCUT2D eigenvalue weighted by Crippen LogP contribution is 2.16. The molecule has 1 nitrogen and oxygen atoms in total. The van der Waals surface area contributed by atoms with Crippen LogP contribution in [-0.4, -0.2) is 12.7 Å². The van der Waals surface area contributed by atoms with Gasteiger partial charge in [0, 0.05) is 13.0 Å². The lowest BCUT2D eigenvalue weighted by Crippen LogP contribution is -2.17. The molecule has 0 aliphatic rings. The topological polar surface area (TPSA) is 26.0 Å². The third kappa shape index (κ3) is 2.34. The van der Waals surface area contributed by atoms with E-state index in [4.69, 9.17) is 5.73 Å². The van der Waals surface area contributed by atoms with Gasteiger partial charge in [0.15, 0.2) is 0 Å². The smallest absolute Gasteiger partial charge is 0.116 e. The Kier molecular flexibility index (Phi) is 2.97. The first-order chi connectivity index (χ1) is 7.29. The highest BCUT2D eigenvalue weighted by molar-refractivity contribution is 5.82. The Labute approximate surface area is 88.7 Å². The van der Waals surface area contributed by atoms with Crippen molar-refractivity contribution < 1.29 is 4.39 Å². The number of benzene rings is 2. The van der Waals surface area contributed by atoms with Crippen LogP contribution >= 0.6 is 0 Å². The Morgan fingerprint density at radius 1 is 1.07 bits per heavy atom. The lowest BCUT2D eigenvalue weighted by Gasteiger charge is -2.06. The zero-order chi connectivity index (χ0) is 10.7. The van der Waals surface area contributed by atoms with Gasteiger partial charge in [0.2, 0.25) is 0 Å². The van der Waals surface area contributed by atoms with E-state index in [2.05, 4.69) is 6.07 Å². The molecule has 0 aliphatic carbocycles. The SMILES string of the molecule is NCC(F)Cc1ccc2ccccc2c1. The number of fused-ring (bicyclic) bond motifs is 1. The largest absolute Gasteiger partial charge is 0.328 e. The van der Waals surface area contributed by atoms with Gasteiger partial charge in [0.05, 0.1) is 0 Å². The quantitative estimate of drug-likeness (QED) is 0.815. The van der Waals surface area contributed by atoms with E-state index in [1.807, 2.05) is 36.4 Å². The van der Waals surface area contributed by atoms with Crippen LogP contribution in [0.1, 0.15) is 5.56 Å². The van der Waals surface area contributed by atoms with Crippen LogP contribution in [0, 0.1) is 0 Å². The summed E-state index contributed by atoms with van der Waals surface area (Å²) in [6.07, 6.45) is -0.535. The van der Waals surface area contributed by atoms with E-state index in [-0.39, 0.29) is 6.54 Å². The van der Waals surface area contributed by atoms with E-state index in [1.54, 1.807) is 0 Å². The molecule has 0 bridgehead atoms. The summed E-state index contributed by atoms with van der Waals surface area (Å²) in [6.45, 7) is 0.0901. The molecular weight excluding hydrogens is 189 g/mol. The van der Waals surface area contributed by atoms with Crippen LogP contribution in [0.25, 0.3) is 10.8 Å². The average molecular weight is 203 g/mol. The highest BCUT2D eigenvalue weighted by atomic mass is 19.1. The number of hydrogen-bond acceptors (Lipinski definition) is 1. The van der Waals surface area contributed by atoms with E-state index in [0.717, 1.165) is 10.9 Å². The van der Waals surface area contributed by atoms with Gasteiger partial charge in [-0.1, -0.05) is 42.5 Å². The Morgan fingerprint density at radius 3 is 2.53 bits per heavy atom. The number of nitrogens with two attached hydrogens (primary N) is 1. The van der Waals surface area contributed by atoms with Gasteiger partial charge in [0.25, 0.3) is 0 Å². The van der Waals surface area contributed by atoms with Crippen LogP contribution < -0.4 is 5.73 Å². The van der Waals surface area contributed by atoms with E-state index in [9.17, 15) is 4.39 Å². The van der Waals surface area contributed by atoms with Crippen LogP contribution in [0.15, 0.2) is 42.5 Å². The van der Waals surface area contributed by atoms with E-state index < -0.39 is 6.17 Å². The van der Waals surface area contributed by atoms with Gasteiger partial charge in [-0.25, -0.2) is 4.39 Å². The van der Waals surface area contributed by atoms with Gasteiger partial charge in [0.1, 0.15) is 6.17 Å². The minimum Gasteiger partial charge on any atom is -0.328 e. The Bertz CT molecular complexity index is 453. The summed E-state index contributed by atoms with van der Waals surface area (Å²) >= 11 is 0. The molecule has 1 unspecified atom stereocenters. The molecule has 1 atom stereocenters. The fraction of sp³-hybridized carbons (Fsp3) is 0.231. The Hall–Kier alpha value is -1.41. The molecule has 2 rings (SSSR count). The molecule has 2 heteroatoms. The van der Waals surface area contributed by atoms with Gasteiger partial charge in [-0.3, -0.25) is 0 Å². The molecule has 0 aliphatic heterocycles. The summed E-state index contributed by atoms with van der Waals surface area (Å²) in [5, 5.41) is 2.34. The number of alkyl halides is 1. The lowest BCUT2D eigenvalue weighted by atomic mass is 10.0. The first kappa shape index (κ1) is 10.1. The molecular formula is C13H14FN. The van der Waals surface area contributed by atoms with Gasteiger partial charge in [-0.15, -0.1) is 0 Å². The molecule has 0 radical (unpaired) electrons. The second-order valence-corrected chi connectivity index (χ2v) is 3.72. The fourth-order valence-corrected chi connectivity index (χ4v) is 1.70. The van der Waals surface area contributed by atoms with Crippen LogP contribution in [0.2, 0.25) is 0 Å². The van der Waals surface area contributed by atoms with Crippen molar-refractivity contribution in [2.24, 2.45) is 5.73 Å². The summed E-state index contributed by atoms with van der Waals surface area (Å²) in [5.74, 6) is 0. The molecule has 2 aromatic carbocycles. The molecule has 0 amide bonds. The second kappa shape index (κ2) is 4.41. The standard InChI is InChI=1S/C13H14FN/c14-13(9-15)8-10-5-6-11-3-1-2-4-12(11)7-10/h1-7,13H,8-9,15H2. The summed E-state index contributed by atoms with van der Waals surface area (Å²) < 4.78 is 13.1. The maximum absolute atomic E-state index is 13.1. The highest BCUT2D eigenvalue weighted by Gasteiger charge is 2.05. The van der Waals surface area contributed by atoms with Crippen LogP contribution in [-0.2, 0) is 6.42 Å². The molecule has 78 valence electrons. The maximum atomic E-state index is 13.1. The van der Waals surface area contributed by atoms with Gasteiger partial charge in [-0.2, -0.15) is 0 Å². The summed E-state index contributed by atoms with van der Waals surface area (Å²) in [5.41, 5.74) is 6.26. The first-order valence-electron chi connectivity index (χ1n) is 5.11. The van der Waals surface area contributed by atoms with Crippen LogP contribution in [0.3, 0.4) is 0 Å². The Balaban J connectivity index is 2.30. The fourth-order valence-electron chi connectivity index (χ4n) is 1.70. The molecule has 0 heterocycles. The van der Waals surface area contributed by atoms with Crippen molar-refractivity contribution in [3.63, 3.8) is 0 Å². The molecule has 15 heavy (non-hydrogen) atoms. The van der Waals surface area contributed by atoms with Crippen molar-refractivity contribution in [3.8, 4) is 0 Å². The summed E-state index contributed by atoms with van der Waals surface area (Å²) in [7, 11) is 0. The summed E-state index contributed by atoms with van der Waals surface area (Å²) in [4.78, 5) is 0.